The lowest BCUT2D eigenvalue weighted by Gasteiger charge is -2.32. The van der Waals surface area contributed by atoms with Gasteiger partial charge < -0.3 is 10.2 Å². The van der Waals surface area contributed by atoms with Crippen molar-refractivity contribution in [2.45, 2.75) is 31.7 Å². The van der Waals surface area contributed by atoms with E-state index in [0.29, 0.717) is 23.6 Å². The lowest BCUT2D eigenvalue weighted by Crippen LogP contribution is -2.45. The second kappa shape index (κ2) is 7.90. The van der Waals surface area contributed by atoms with Crippen LogP contribution in [0.4, 0.5) is 8.78 Å². The van der Waals surface area contributed by atoms with E-state index in [-0.39, 0.29) is 12.4 Å². The van der Waals surface area contributed by atoms with Gasteiger partial charge in [-0.1, -0.05) is 15.9 Å². The number of likely N-dealkylation sites (tertiary alicyclic amines) is 1. The SMILES string of the molecule is Cl.O=C(c1c(F)cc(Br)cc1F)N1CCC(NCC2CC2)CC1. The van der Waals surface area contributed by atoms with Crippen LogP contribution < -0.4 is 5.32 Å². The zero-order valence-corrected chi connectivity index (χ0v) is 15.1. The van der Waals surface area contributed by atoms with Crippen LogP contribution in [0.25, 0.3) is 0 Å². The number of carbonyl (C=O) groups excluding carboxylic acids is 1. The molecule has 1 aliphatic heterocycles. The van der Waals surface area contributed by atoms with Crippen LogP contribution in [0.5, 0.6) is 0 Å². The van der Waals surface area contributed by atoms with Crippen molar-refractivity contribution in [1.29, 1.82) is 0 Å². The number of hydrogen-bond acceptors (Lipinski definition) is 2. The average molecular weight is 410 g/mol. The second-order valence-electron chi connectivity index (χ2n) is 6.16. The van der Waals surface area contributed by atoms with Gasteiger partial charge in [-0.2, -0.15) is 0 Å². The highest BCUT2D eigenvalue weighted by atomic mass is 79.9. The van der Waals surface area contributed by atoms with Gasteiger partial charge in [-0.05, 0) is 50.3 Å². The second-order valence-corrected chi connectivity index (χ2v) is 7.08. The zero-order chi connectivity index (χ0) is 15.7. The number of rotatable bonds is 4. The first-order valence-electron chi connectivity index (χ1n) is 7.72. The quantitative estimate of drug-likeness (QED) is 0.821. The minimum atomic E-state index is -0.814. The summed E-state index contributed by atoms with van der Waals surface area (Å²) >= 11 is 3.02. The van der Waals surface area contributed by atoms with Gasteiger partial charge in [-0.15, -0.1) is 12.4 Å². The molecule has 1 N–H and O–H groups in total. The van der Waals surface area contributed by atoms with E-state index < -0.39 is 23.1 Å². The third-order valence-electron chi connectivity index (χ3n) is 4.40. The average Bonchev–Trinajstić information content (AvgIpc) is 3.28. The van der Waals surface area contributed by atoms with E-state index in [1.165, 1.54) is 12.8 Å². The number of amides is 1. The Morgan fingerprint density at radius 1 is 1.17 bits per heavy atom. The maximum absolute atomic E-state index is 13.9. The molecule has 23 heavy (non-hydrogen) atoms. The molecule has 1 aromatic carbocycles. The molecule has 0 unspecified atom stereocenters. The molecule has 2 aliphatic rings. The number of benzene rings is 1. The third-order valence-corrected chi connectivity index (χ3v) is 4.85. The Morgan fingerprint density at radius 3 is 2.26 bits per heavy atom. The Hall–Kier alpha value is -0.720. The zero-order valence-electron chi connectivity index (χ0n) is 12.7. The van der Waals surface area contributed by atoms with Crippen molar-refractivity contribution in [3.8, 4) is 0 Å². The summed E-state index contributed by atoms with van der Waals surface area (Å²) in [6.45, 7) is 2.13. The lowest BCUT2D eigenvalue weighted by atomic mass is 10.0. The summed E-state index contributed by atoms with van der Waals surface area (Å²) in [7, 11) is 0. The van der Waals surface area contributed by atoms with Crippen LogP contribution in [0.3, 0.4) is 0 Å². The molecule has 0 atom stereocenters. The third kappa shape index (κ3) is 4.64. The number of piperidine rings is 1. The van der Waals surface area contributed by atoms with Gasteiger partial charge in [0.2, 0.25) is 0 Å². The van der Waals surface area contributed by atoms with Crippen LogP contribution in [0.1, 0.15) is 36.0 Å². The minimum Gasteiger partial charge on any atom is -0.338 e. The molecule has 7 heteroatoms. The molecule has 0 spiro atoms. The predicted octanol–water partition coefficient (Wildman–Crippen LogP) is 3.75. The fraction of sp³-hybridized carbons (Fsp3) is 0.562. The molecule has 3 rings (SSSR count). The van der Waals surface area contributed by atoms with Crippen LogP contribution in [0.2, 0.25) is 0 Å². The topological polar surface area (TPSA) is 32.3 Å². The monoisotopic (exact) mass is 408 g/mol. The Morgan fingerprint density at radius 2 is 1.74 bits per heavy atom. The van der Waals surface area contributed by atoms with Gasteiger partial charge in [-0.25, -0.2) is 8.78 Å². The maximum Gasteiger partial charge on any atom is 0.259 e. The van der Waals surface area contributed by atoms with Crippen molar-refractivity contribution >= 4 is 34.2 Å². The molecule has 1 aromatic rings. The van der Waals surface area contributed by atoms with Crippen molar-refractivity contribution < 1.29 is 13.6 Å². The number of nitrogens with zero attached hydrogens (tertiary/aromatic N) is 1. The van der Waals surface area contributed by atoms with Crippen LogP contribution in [0.15, 0.2) is 16.6 Å². The van der Waals surface area contributed by atoms with E-state index in [2.05, 4.69) is 21.2 Å². The highest BCUT2D eigenvalue weighted by Crippen LogP contribution is 2.28. The van der Waals surface area contributed by atoms with E-state index in [1.807, 2.05) is 0 Å². The highest BCUT2D eigenvalue weighted by Gasteiger charge is 2.29. The molecule has 0 bridgehead atoms. The van der Waals surface area contributed by atoms with Gasteiger partial charge in [0.25, 0.3) is 5.91 Å². The largest absolute Gasteiger partial charge is 0.338 e. The van der Waals surface area contributed by atoms with E-state index >= 15 is 0 Å². The predicted molar refractivity (Wildman–Crippen MR) is 91.0 cm³/mol. The first-order valence-corrected chi connectivity index (χ1v) is 8.51. The highest BCUT2D eigenvalue weighted by molar-refractivity contribution is 9.10. The van der Waals surface area contributed by atoms with Crippen molar-refractivity contribution in [2.75, 3.05) is 19.6 Å². The standard InChI is InChI=1S/C16H19BrF2N2O.ClH/c17-11-7-13(18)15(14(19)8-11)16(22)21-5-3-12(4-6-21)20-9-10-1-2-10;/h7-8,10,12,20H,1-6,9H2;1H. The summed E-state index contributed by atoms with van der Waals surface area (Å²) in [6, 6.07) is 2.66. The van der Waals surface area contributed by atoms with Crippen LogP contribution in [-0.2, 0) is 0 Å². The summed E-state index contributed by atoms with van der Waals surface area (Å²) in [5.74, 6) is -1.36. The molecule has 3 nitrogen and oxygen atoms in total. The molecule has 0 aromatic heterocycles. The summed E-state index contributed by atoms with van der Waals surface area (Å²) in [5.41, 5.74) is -0.451. The first kappa shape index (κ1) is 18.6. The summed E-state index contributed by atoms with van der Waals surface area (Å²) in [5, 5.41) is 3.52. The lowest BCUT2D eigenvalue weighted by molar-refractivity contribution is 0.0695. The van der Waals surface area contributed by atoms with Gasteiger partial charge in [0.05, 0.1) is 0 Å². The summed E-state index contributed by atoms with van der Waals surface area (Å²) in [6.07, 6.45) is 4.29. The Labute approximate surface area is 149 Å². The van der Waals surface area contributed by atoms with E-state index in [9.17, 15) is 13.6 Å². The Balaban J connectivity index is 0.00000192. The molecule has 1 aliphatic carbocycles. The smallest absolute Gasteiger partial charge is 0.259 e. The number of halogens is 4. The summed E-state index contributed by atoms with van der Waals surface area (Å²) in [4.78, 5) is 13.9. The number of nitrogens with one attached hydrogen (secondary N) is 1. The molecule has 1 heterocycles. The number of carbonyl (C=O) groups is 1. The van der Waals surface area contributed by atoms with E-state index in [1.54, 1.807) is 4.90 Å². The van der Waals surface area contributed by atoms with Gasteiger partial charge in [-0.3, -0.25) is 4.79 Å². The normalized spacial score (nSPS) is 18.7. The van der Waals surface area contributed by atoms with E-state index in [4.69, 9.17) is 0 Å². The Kier molecular flexibility index (Phi) is 6.40. The minimum absolute atomic E-state index is 0. The molecular formula is C16H20BrClF2N2O. The molecule has 1 saturated carbocycles. The first-order chi connectivity index (χ1) is 10.5. The fourth-order valence-electron chi connectivity index (χ4n) is 2.85. The van der Waals surface area contributed by atoms with Gasteiger partial charge >= 0.3 is 0 Å². The van der Waals surface area contributed by atoms with Crippen LogP contribution >= 0.6 is 28.3 Å². The van der Waals surface area contributed by atoms with Crippen molar-refractivity contribution in [3.05, 3.63) is 33.8 Å². The van der Waals surface area contributed by atoms with Crippen LogP contribution in [0, 0.1) is 17.6 Å². The van der Waals surface area contributed by atoms with Crippen molar-refractivity contribution in [3.63, 3.8) is 0 Å². The van der Waals surface area contributed by atoms with Gasteiger partial charge in [0.1, 0.15) is 17.2 Å². The molecule has 1 saturated heterocycles. The molecule has 128 valence electrons. The van der Waals surface area contributed by atoms with Crippen molar-refractivity contribution in [2.24, 2.45) is 5.92 Å². The van der Waals surface area contributed by atoms with Gasteiger partial charge in [0.15, 0.2) is 0 Å². The van der Waals surface area contributed by atoms with Crippen LogP contribution in [-0.4, -0.2) is 36.5 Å². The molecule has 0 radical (unpaired) electrons. The molecular weight excluding hydrogens is 390 g/mol. The molecule has 1 amide bonds. The van der Waals surface area contributed by atoms with E-state index in [0.717, 1.165) is 37.4 Å². The fourth-order valence-corrected chi connectivity index (χ4v) is 3.25. The van der Waals surface area contributed by atoms with Crippen molar-refractivity contribution in [1.82, 2.24) is 10.2 Å². The summed E-state index contributed by atoms with van der Waals surface area (Å²) < 4.78 is 28.1. The maximum atomic E-state index is 13.9. The van der Waals surface area contributed by atoms with Gasteiger partial charge in [0, 0.05) is 23.6 Å². The Bertz CT molecular complexity index is 552. The number of hydrogen-bond donors (Lipinski definition) is 1. The molecule has 2 fully saturated rings.